The minimum Gasteiger partial charge on any atom is -0.387 e. The lowest BCUT2D eigenvalue weighted by Crippen LogP contribution is -2.44. The fourth-order valence-corrected chi connectivity index (χ4v) is 8.55. The van der Waals surface area contributed by atoms with E-state index in [9.17, 15) is 28.9 Å². The van der Waals surface area contributed by atoms with E-state index >= 15 is 0 Å². The molecule has 1 aromatic carbocycles. The Bertz CT molecular complexity index is 1770. The standard InChI is InChI=1S/C42H66ClFN5O9P/c1-4-5-6-7-8-9-10-11-12-13-14-15-16-17-18-19-24-55-27-33(48(31(2)50)26-32-20-21-35(44)34(43)25-32)28-56-59(53,54)57-29-37-39(51)40(52)42(3,58-37)38-23-22-36-41(45)46-30-47-49(36)38/h20-23,25,30,33,37,39-40,51-52H,4-19,24,26-29H2,1-3H3,(H,53,54)(H2,45,46,47)/t33-,37-,39-,40-,42+/m1/s1. The number of benzene rings is 1. The Labute approximate surface area is 353 Å². The molecule has 3 heterocycles. The highest BCUT2D eigenvalue weighted by molar-refractivity contribution is 7.47. The van der Waals surface area contributed by atoms with E-state index < -0.39 is 56.8 Å². The van der Waals surface area contributed by atoms with Crippen LogP contribution in [-0.4, -0.2) is 91.3 Å². The number of amides is 1. The Kier molecular flexibility index (Phi) is 20.5. The zero-order valence-corrected chi connectivity index (χ0v) is 36.6. The number of anilines is 1. The maximum atomic E-state index is 13.9. The number of aromatic nitrogens is 3. The summed E-state index contributed by atoms with van der Waals surface area (Å²) < 4.78 is 51.3. The smallest absolute Gasteiger partial charge is 0.387 e. The molecule has 5 N–H and O–H groups in total. The third-order valence-electron chi connectivity index (χ3n) is 11.1. The first-order valence-corrected chi connectivity index (χ1v) is 23.2. The van der Waals surface area contributed by atoms with Gasteiger partial charge in [-0.25, -0.2) is 18.5 Å². The summed E-state index contributed by atoms with van der Waals surface area (Å²) in [5.74, 6) is -0.774. The van der Waals surface area contributed by atoms with Gasteiger partial charge in [0.1, 0.15) is 41.6 Å². The van der Waals surface area contributed by atoms with Crippen molar-refractivity contribution < 1.29 is 47.4 Å². The van der Waals surface area contributed by atoms with Crippen molar-refractivity contribution in [2.75, 3.05) is 32.2 Å². The van der Waals surface area contributed by atoms with Crippen molar-refractivity contribution >= 4 is 36.7 Å². The van der Waals surface area contributed by atoms with Crippen LogP contribution in [0, 0.1) is 5.82 Å². The number of unbranched alkanes of at least 4 members (excludes halogenated alkanes) is 15. The summed E-state index contributed by atoms with van der Waals surface area (Å²) in [5, 5.41) is 26.0. The summed E-state index contributed by atoms with van der Waals surface area (Å²) in [5.41, 5.74) is 5.83. The van der Waals surface area contributed by atoms with Gasteiger partial charge in [0.15, 0.2) is 5.82 Å². The minimum atomic E-state index is -4.82. The van der Waals surface area contributed by atoms with Crippen LogP contribution < -0.4 is 5.73 Å². The van der Waals surface area contributed by atoms with Gasteiger partial charge in [-0.1, -0.05) is 121 Å². The summed E-state index contributed by atoms with van der Waals surface area (Å²) >= 11 is 6.01. The van der Waals surface area contributed by atoms with Gasteiger partial charge >= 0.3 is 7.82 Å². The fraction of sp³-hybridized carbons (Fsp3) is 0.690. The maximum absolute atomic E-state index is 13.9. The second kappa shape index (κ2) is 24.7. The van der Waals surface area contributed by atoms with Crippen LogP contribution in [0.4, 0.5) is 10.2 Å². The number of phosphoric acid groups is 1. The van der Waals surface area contributed by atoms with E-state index in [2.05, 4.69) is 17.0 Å². The van der Waals surface area contributed by atoms with Gasteiger partial charge < -0.3 is 35.2 Å². The third kappa shape index (κ3) is 15.0. The Morgan fingerprint density at radius 2 is 1.59 bits per heavy atom. The number of hydrogen-bond acceptors (Lipinski definition) is 11. The van der Waals surface area contributed by atoms with Crippen molar-refractivity contribution in [1.82, 2.24) is 19.5 Å². The number of phosphoric ester groups is 1. The summed E-state index contributed by atoms with van der Waals surface area (Å²) in [7, 11) is -4.82. The molecule has 3 aromatic rings. The van der Waals surface area contributed by atoms with Crippen LogP contribution >= 0.6 is 19.4 Å². The number of carbonyl (C=O) groups is 1. The molecule has 1 amide bonds. The van der Waals surface area contributed by atoms with Gasteiger partial charge in [-0.3, -0.25) is 13.8 Å². The van der Waals surface area contributed by atoms with Crippen molar-refractivity contribution in [2.24, 2.45) is 0 Å². The molecular weight excluding hydrogens is 804 g/mol. The number of nitrogen functional groups attached to an aromatic ring is 1. The molecule has 59 heavy (non-hydrogen) atoms. The van der Waals surface area contributed by atoms with E-state index in [1.165, 1.54) is 124 Å². The number of halogens is 2. The quantitative estimate of drug-likeness (QED) is 0.0386. The van der Waals surface area contributed by atoms with Gasteiger partial charge in [0.05, 0.1) is 36.6 Å². The monoisotopic (exact) mass is 869 g/mol. The molecule has 0 radical (unpaired) electrons. The lowest BCUT2D eigenvalue weighted by molar-refractivity contribution is -0.134. The first-order valence-electron chi connectivity index (χ1n) is 21.3. The second-order valence-electron chi connectivity index (χ2n) is 15.8. The average molecular weight is 870 g/mol. The second-order valence-corrected chi connectivity index (χ2v) is 17.7. The summed E-state index contributed by atoms with van der Waals surface area (Å²) in [6.45, 7) is 4.49. The van der Waals surface area contributed by atoms with Gasteiger partial charge in [-0.2, -0.15) is 5.10 Å². The molecule has 2 aromatic heterocycles. The van der Waals surface area contributed by atoms with Gasteiger partial charge in [0, 0.05) is 20.1 Å². The van der Waals surface area contributed by atoms with Crippen molar-refractivity contribution in [2.45, 2.75) is 160 Å². The van der Waals surface area contributed by atoms with Crippen molar-refractivity contribution in [3.05, 3.63) is 58.8 Å². The highest BCUT2D eigenvalue weighted by Crippen LogP contribution is 2.46. The molecule has 14 nitrogen and oxygen atoms in total. The average Bonchev–Trinajstić information content (AvgIpc) is 3.75. The number of hydrogen-bond donors (Lipinski definition) is 4. The predicted octanol–water partition coefficient (Wildman–Crippen LogP) is 8.27. The number of nitrogens with zero attached hydrogens (tertiary/aromatic N) is 4. The number of rotatable bonds is 29. The predicted molar refractivity (Wildman–Crippen MR) is 225 cm³/mol. The molecule has 1 aliphatic rings. The Hall–Kier alpha value is -2.72. The van der Waals surface area contributed by atoms with Gasteiger partial charge in [0.25, 0.3) is 0 Å². The summed E-state index contributed by atoms with van der Waals surface area (Å²) in [4.78, 5) is 29.0. The lowest BCUT2D eigenvalue weighted by atomic mass is 9.93. The zero-order chi connectivity index (χ0) is 42.8. The molecule has 1 fully saturated rings. The molecule has 1 saturated heterocycles. The molecule has 0 spiro atoms. The number of aliphatic hydroxyl groups excluding tert-OH is 2. The molecule has 17 heteroatoms. The molecule has 6 atom stereocenters. The molecule has 4 rings (SSSR count). The van der Waals surface area contributed by atoms with Crippen molar-refractivity contribution in [1.29, 1.82) is 0 Å². The lowest BCUT2D eigenvalue weighted by Gasteiger charge is -2.31. The van der Waals surface area contributed by atoms with Crippen molar-refractivity contribution in [3.63, 3.8) is 0 Å². The molecular formula is C42H66ClFN5O9P. The molecule has 0 aliphatic carbocycles. The van der Waals surface area contributed by atoms with E-state index in [0.29, 0.717) is 23.4 Å². The Morgan fingerprint density at radius 3 is 2.19 bits per heavy atom. The van der Waals surface area contributed by atoms with Gasteiger partial charge in [-0.15, -0.1) is 0 Å². The summed E-state index contributed by atoms with van der Waals surface area (Å²) in [6, 6.07) is 6.55. The number of aliphatic hydroxyl groups is 2. The normalized spacial score (nSPS) is 20.9. The van der Waals surface area contributed by atoms with Crippen LogP contribution in [0.3, 0.4) is 0 Å². The maximum Gasteiger partial charge on any atom is 0.472 e. The Balaban J connectivity index is 1.24. The number of fused-ring (bicyclic) bond motifs is 1. The van der Waals surface area contributed by atoms with Crippen LogP contribution in [0.1, 0.15) is 135 Å². The van der Waals surface area contributed by atoms with Crippen LogP contribution in [0.2, 0.25) is 5.02 Å². The van der Waals surface area contributed by atoms with Crippen LogP contribution in [0.15, 0.2) is 36.7 Å². The van der Waals surface area contributed by atoms with Gasteiger partial charge in [-0.05, 0) is 43.2 Å². The largest absolute Gasteiger partial charge is 0.472 e. The Morgan fingerprint density at radius 1 is 0.983 bits per heavy atom. The van der Waals surface area contributed by atoms with E-state index in [0.717, 1.165) is 19.3 Å². The van der Waals surface area contributed by atoms with Gasteiger partial charge in [0.2, 0.25) is 5.91 Å². The van der Waals surface area contributed by atoms with E-state index in [4.69, 9.17) is 35.9 Å². The highest BCUT2D eigenvalue weighted by Gasteiger charge is 2.54. The summed E-state index contributed by atoms with van der Waals surface area (Å²) in [6.07, 6.45) is 17.0. The molecule has 1 aliphatic heterocycles. The third-order valence-corrected chi connectivity index (χ3v) is 12.4. The highest BCUT2D eigenvalue weighted by atomic mass is 35.5. The molecule has 332 valence electrons. The molecule has 0 bridgehead atoms. The first-order chi connectivity index (χ1) is 28.3. The van der Waals surface area contributed by atoms with Crippen LogP contribution in [0.25, 0.3) is 5.52 Å². The minimum absolute atomic E-state index is 0.00587. The molecule has 1 unspecified atom stereocenters. The van der Waals surface area contributed by atoms with Crippen molar-refractivity contribution in [3.8, 4) is 0 Å². The first kappa shape index (κ1) is 48.9. The van der Waals surface area contributed by atoms with Crippen LogP contribution in [0.5, 0.6) is 0 Å². The van der Waals surface area contributed by atoms with E-state index in [1.54, 1.807) is 19.1 Å². The topological polar surface area (TPSA) is 191 Å². The molecule has 0 saturated carbocycles. The number of carbonyl (C=O) groups excluding carboxylic acids is 1. The number of nitrogens with two attached hydrogens (primary N) is 1. The number of ether oxygens (including phenoxy) is 2. The van der Waals surface area contributed by atoms with E-state index in [-0.39, 0.29) is 29.9 Å². The fourth-order valence-electron chi connectivity index (χ4n) is 7.57. The van der Waals surface area contributed by atoms with E-state index in [1.807, 2.05) is 0 Å². The zero-order valence-electron chi connectivity index (χ0n) is 35.0. The van der Waals surface area contributed by atoms with Crippen LogP contribution in [-0.2, 0) is 40.0 Å². The SMILES string of the molecule is CCCCCCCCCCCCCCCCCCOC[C@H](COP(=O)(O)OC[C@H]1O[C@@](C)(c2ccc3c(N)ncnn23)[C@H](O)[C@@H]1O)N(Cc1ccc(F)c(Cl)c1)C(C)=O.